The Balaban J connectivity index is 0.000000465. The van der Waals surface area contributed by atoms with Crippen molar-refractivity contribution in [2.24, 2.45) is 0 Å². The van der Waals surface area contributed by atoms with Crippen molar-refractivity contribution in [1.82, 2.24) is 0 Å². The highest BCUT2D eigenvalue weighted by Crippen LogP contribution is 2.58. The van der Waals surface area contributed by atoms with Gasteiger partial charge in [0.25, 0.3) is 0 Å². The summed E-state index contributed by atoms with van der Waals surface area (Å²) in [5, 5.41) is 2.04. The lowest BCUT2D eigenvalue weighted by atomic mass is 9.92. The molecule has 0 amide bonds. The second-order valence-corrected chi connectivity index (χ2v) is 16.0. The average Bonchev–Trinajstić information content (AvgIpc) is 3.36. The van der Waals surface area contributed by atoms with E-state index in [1.165, 1.54) is 16.8 Å². The molecule has 0 fully saturated rings. The first kappa shape index (κ1) is 41.7. The maximum absolute atomic E-state index is 13.0. The number of para-hydroxylation sites is 8. The lowest BCUT2D eigenvalue weighted by Gasteiger charge is -2.44. The number of aryl methyl sites for hydroxylation is 3. The zero-order valence-corrected chi connectivity index (χ0v) is 37.4. The Labute approximate surface area is 378 Å². The molecule has 0 spiro atoms. The number of hydrogen-bond donors (Lipinski definition) is 0. The molecule has 0 radical (unpaired) electrons. The van der Waals surface area contributed by atoms with Gasteiger partial charge in [-0.05, 0) is 140 Å². The maximum Gasteiger partial charge on any atom is 0.150 e. The van der Waals surface area contributed by atoms with Gasteiger partial charge >= 0.3 is 0 Å². The molecule has 0 saturated carbocycles. The third-order valence-corrected chi connectivity index (χ3v) is 12.4. The van der Waals surface area contributed by atoms with Crippen molar-refractivity contribution >= 4 is 73.9 Å². The van der Waals surface area contributed by atoms with Crippen LogP contribution in [0.2, 0.25) is 0 Å². The molecule has 316 valence electrons. The minimum absolute atomic E-state index is 0.696. The molecular weight excluding hydrogens is 781 g/mol. The first-order chi connectivity index (χ1) is 31.6. The molecule has 2 heterocycles. The fraction of sp³-hybridized carbons (Fsp3) is 0.136. The van der Waals surface area contributed by atoms with Crippen molar-refractivity contribution in [1.29, 1.82) is 0 Å². The molecule has 64 heavy (non-hydrogen) atoms. The maximum atomic E-state index is 13.0. The van der Waals surface area contributed by atoms with E-state index in [1.54, 1.807) is 0 Å². The molecule has 0 saturated heterocycles. The van der Waals surface area contributed by atoms with Gasteiger partial charge in [0.2, 0.25) is 0 Å². The van der Waals surface area contributed by atoms with Gasteiger partial charge in [-0.2, -0.15) is 0 Å². The monoisotopic (exact) mass is 834 g/mol. The van der Waals surface area contributed by atoms with Gasteiger partial charge < -0.3 is 19.6 Å². The number of carbonyl (C=O) groups excluding carboxylic acids is 1. The largest absolute Gasteiger partial charge is 0.310 e. The second kappa shape index (κ2) is 18.4. The van der Waals surface area contributed by atoms with E-state index in [0.29, 0.717) is 5.56 Å². The molecule has 0 unspecified atom stereocenters. The standard InChI is InChI=1S/C49H38N4O.C8H10.C2H6/c1-2-34-29-31-46(52-42-25-13-9-21-38(42)50(36-17-5-3-6-18-36)39-22-10-14-26-43(39)52)49-47(32-30-35(33-54)48(34)49)53-44-27-15-11-23-40(44)51(37-19-7-4-8-20-37)41-24-12-16-28-45(41)53;1-7-5-3-4-6-8(7)2;1-2/h3-9,11-21,23-33H,2,10,22H2,1H3;3-6H,1-2H3;1-2H3. The van der Waals surface area contributed by atoms with Crippen LogP contribution in [0.5, 0.6) is 0 Å². The van der Waals surface area contributed by atoms with Gasteiger partial charge in [-0.3, -0.25) is 4.79 Å². The number of benzene rings is 8. The summed E-state index contributed by atoms with van der Waals surface area (Å²) in [5.41, 5.74) is 17.8. The third-order valence-electron chi connectivity index (χ3n) is 12.4. The van der Waals surface area contributed by atoms with Crippen molar-refractivity contribution in [2.75, 3.05) is 19.6 Å². The normalized spacial score (nSPS) is 13.5. The Bertz CT molecular complexity index is 2960. The highest BCUT2D eigenvalue weighted by atomic mass is 16.1. The molecule has 0 bridgehead atoms. The Kier molecular flexibility index (Phi) is 12.0. The number of anilines is 10. The zero-order chi connectivity index (χ0) is 44.2. The van der Waals surface area contributed by atoms with Crippen LogP contribution >= 0.6 is 0 Å². The fourth-order valence-electron chi connectivity index (χ4n) is 9.36. The molecule has 11 rings (SSSR count). The number of allylic oxidation sites excluding steroid dienone is 3. The minimum Gasteiger partial charge on any atom is -0.310 e. The highest BCUT2D eigenvalue weighted by Gasteiger charge is 2.36. The van der Waals surface area contributed by atoms with Crippen molar-refractivity contribution < 1.29 is 4.79 Å². The quantitative estimate of drug-likeness (QED) is 0.156. The summed E-state index contributed by atoms with van der Waals surface area (Å²) in [4.78, 5) is 22.7. The predicted octanol–water partition coefficient (Wildman–Crippen LogP) is 16.6. The van der Waals surface area contributed by atoms with E-state index in [1.807, 2.05) is 19.9 Å². The van der Waals surface area contributed by atoms with E-state index < -0.39 is 0 Å². The summed E-state index contributed by atoms with van der Waals surface area (Å²) in [7, 11) is 0. The van der Waals surface area contributed by atoms with Crippen LogP contribution in [0.4, 0.5) is 56.9 Å². The molecule has 0 atom stereocenters. The number of rotatable bonds is 6. The molecule has 8 aromatic carbocycles. The van der Waals surface area contributed by atoms with E-state index in [2.05, 4.69) is 228 Å². The predicted molar refractivity (Wildman–Crippen MR) is 271 cm³/mol. The van der Waals surface area contributed by atoms with Crippen LogP contribution in [-0.4, -0.2) is 6.29 Å². The number of aldehydes is 1. The molecule has 0 aromatic heterocycles. The van der Waals surface area contributed by atoms with Crippen molar-refractivity contribution in [3.63, 3.8) is 0 Å². The van der Waals surface area contributed by atoms with Gasteiger partial charge in [0.05, 0.1) is 51.2 Å². The second-order valence-electron chi connectivity index (χ2n) is 16.0. The summed E-state index contributed by atoms with van der Waals surface area (Å²) in [6, 6.07) is 64.3. The Hall–Kier alpha value is -7.63. The Morgan fingerprint density at radius 1 is 0.453 bits per heavy atom. The Morgan fingerprint density at radius 3 is 1.41 bits per heavy atom. The van der Waals surface area contributed by atoms with E-state index in [9.17, 15) is 4.79 Å². The number of hydrogen-bond acceptors (Lipinski definition) is 5. The smallest absolute Gasteiger partial charge is 0.150 e. The van der Waals surface area contributed by atoms with Gasteiger partial charge in [0, 0.05) is 28.0 Å². The van der Waals surface area contributed by atoms with E-state index in [0.717, 1.165) is 104 Å². The molecule has 2 aliphatic heterocycles. The van der Waals surface area contributed by atoms with Gasteiger partial charge in [-0.15, -0.1) is 0 Å². The number of fused-ring (bicyclic) bond motifs is 4. The molecule has 1 aliphatic carbocycles. The van der Waals surface area contributed by atoms with Crippen LogP contribution in [0.1, 0.15) is 60.7 Å². The lowest BCUT2D eigenvalue weighted by molar-refractivity contribution is 0.112. The van der Waals surface area contributed by atoms with Crippen molar-refractivity contribution in [2.45, 2.75) is 53.9 Å². The zero-order valence-electron chi connectivity index (χ0n) is 37.4. The third kappa shape index (κ3) is 7.33. The lowest BCUT2D eigenvalue weighted by Crippen LogP contribution is -2.32. The van der Waals surface area contributed by atoms with Crippen molar-refractivity contribution in [3.8, 4) is 0 Å². The van der Waals surface area contributed by atoms with Crippen LogP contribution in [0.25, 0.3) is 10.8 Å². The first-order valence-electron chi connectivity index (χ1n) is 22.6. The van der Waals surface area contributed by atoms with Gasteiger partial charge in [0.15, 0.2) is 6.29 Å². The van der Waals surface area contributed by atoms with Crippen LogP contribution in [0.3, 0.4) is 0 Å². The number of nitrogens with zero attached hydrogens (tertiary/aromatic N) is 4. The van der Waals surface area contributed by atoms with Gasteiger partial charge in [-0.25, -0.2) is 0 Å². The summed E-state index contributed by atoms with van der Waals surface area (Å²) < 4.78 is 0. The summed E-state index contributed by atoms with van der Waals surface area (Å²) in [6.07, 6.45) is 8.27. The van der Waals surface area contributed by atoms with Gasteiger partial charge in [0.1, 0.15) is 0 Å². The molecule has 5 nitrogen and oxygen atoms in total. The van der Waals surface area contributed by atoms with Crippen LogP contribution in [-0.2, 0) is 6.42 Å². The van der Waals surface area contributed by atoms with Crippen molar-refractivity contribution in [3.05, 3.63) is 228 Å². The average molecular weight is 835 g/mol. The molecular formula is C59H54N4O. The number of carbonyl (C=O) groups is 1. The van der Waals surface area contributed by atoms with Crippen LogP contribution in [0.15, 0.2) is 206 Å². The first-order valence-corrected chi connectivity index (χ1v) is 22.6. The van der Waals surface area contributed by atoms with E-state index in [4.69, 9.17) is 0 Å². The fourth-order valence-corrected chi connectivity index (χ4v) is 9.36. The molecule has 0 N–H and O–H groups in total. The van der Waals surface area contributed by atoms with E-state index >= 15 is 0 Å². The molecule has 8 aromatic rings. The summed E-state index contributed by atoms with van der Waals surface area (Å²) in [6.45, 7) is 10.4. The van der Waals surface area contributed by atoms with Crippen LogP contribution < -0.4 is 19.6 Å². The van der Waals surface area contributed by atoms with Gasteiger partial charge in [-0.1, -0.05) is 130 Å². The highest BCUT2D eigenvalue weighted by molar-refractivity contribution is 6.17. The topological polar surface area (TPSA) is 30.0 Å². The summed E-state index contributed by atoms with van der Waals surface area (Å²) in [5.74, 6) is 0. The SMILES string of the molecule is CC.CCc1ccc(N2C3=C(CCC=C3)N(c3ccccc3)c3ccccc32)c2c(N3c4ccccc4N(c4ccccc4)c4ccccc43)ccc(C=O)c12.Cc1ccccc1C. The minimum atomic E-state index is 0.696. The Morgan fingerprint density at radius 2 is 0.891 bits per heavy atom. The van der Waals surface area contributed by atoms with Crippen LogP contribution in [0, 0.1) is 13.8 Å². The van der Waals surface area contributed by atoms with E-state index in [-0.39, 0.29) is 0 Å². The summed E-state index contributed by atoms with van der Waals surface area (Å²) >= 11 is 0. The molecule has 3 aliphatic rings. The molecule has 5 heteroatoms.